The Morgan fingerprint density at radius 1 is 0.974 bits per heavy atom. The number of hydrogen-bond donors (Lipinski definition) is 1. The molecule has 2 amide bonds. The first-order chi connectivity index (χ1) is 18.1. The lowest BCUT2D eigenvalue weighted by atomic mass is 9.73. The van der Waals surface area contributed by atoms with Crippen molar-refractivity contribution in [1.29, 1.82) is 0 Å². The van der Waals surface area contributed by atoms with E-state index in [1.165, 1.54) is 4.90 Å². The third-order valence-electron chi connectivity index (χ3n) is 6.97. The summed E-state index contributed by atoms with van der Waals surface area (Å²) in [6, 6.07) is 12.4. The van der Waals surface area contributed by atoms with Gasteiger partial charge in [-0.1, -0.05) is 32.0 Å². The molecule has 1 N–H and O–H groups in total. The molecule has 1 fully saturated rings. The van der Waals surface area contributed by atoms with Gasteiger partial charge in [-0.05, 0) is 54.5 Å². The Labute approximate surface area is 223 Å². The summed E-state index contributed by atoms with van der Waals surface area (Å²) in [5, 5.41) is 11.0. The molecule has 2 aromatic carbocycles. The lowest BCUT2D eigenvalue weighted by molar-refractivity contribution is -0.117. The maximum Gasteiger partial charge on any atom is 0.261 e. The van der Waals surface area contributed by atoms with Gasteiger partial charge in [0.05, 0.1) is 30.9 Å². The zero-order valence-corrected chi connectivity index (χ0v) is 22.4. The van der Waals surface area contributed by atoms with Gasteiger partial charge in [0.25, 0.3) is 11.8 Å². The van der Waals surface area contributed by atoms with E-state index in [4.69, 9.17) is 14.5 Å². The minimum absolute atomic E-state index is 0.0352. The number of imide groups is 1. The number of allylic oxidation sites excluding steroid dienone is 2. The van der Waals surface area contributed by atoms with Gasteiger partial charge in [0, 0.05) is 31.6 Å². The minimum atomic E-state index is -0.328. The largest absolute Gasteiger partial charge is 0.511 e. The number of aliphatic hydroxyl groups excluding tert-OH is 1. The maximum absolute atomic E-state index is 13.1. The molecule has 0 bridgehead atoms. The Kier molecular flexibility index (Phi) is 7.99. The molecule has 1 heterocycles. The molecule has 0 aromatic heterocycles. The van der Waals surface area contributed by atoms with Crippen LogP contribution in [0.3, 0.4) is 0 Å². The predicted octanol–water partition coefficient (Wildman–Crippen LogP) is 4.96. The first-order valence-corrected chi connectivity index (χ1v) is 12.8. The number of rotatable bonds is 9. The second-order valence-corrected chi connectivity index (χ2v) is 10.4. The molecule has 2 aliphatic rings. The normalized spacial score (nSPS) is 19.1. The summed E-state index contributed by atoms with van der Waals surface area (Å²) in [5.41, 5.74) is 2.43. The van der Waals surface area contributed by atoms with E-state index in [-0.39, 0.29) is 47.3 Å². The van der Waals surface area contributed by atoms with Crippen molar-refractivity contribution >= 4 is 23.3 Å². The van der Waals surface area contributed by atoms with E-state index in [1.54, 1.807) is 38.5 Å². The van der Waals surface area contributed by atoms with E-state index in [0.717, 1.165) is 5.56 Å². The fourth-order valence-electron chi connectivity index (χ4n) is 5.08. The average molecular weight is 519 g/mol. The van der Waals surface area contributed by atoms with Crippen LogP contribution in [0.25, 0.3) is 0 Å². The van der Waals surface area contributed by atoms with Crippen LogP contribution in [-0.2, 0) is 11.2 Å². The molecular formula is C30H34N2O6. The van der Waals surface area contributed by atoms with E-state index >= 15 is 0 Å². The van der Waals surface area contributed by atoms with Gasteiger partial charge in [-0.25, -0.2) is 0 Å². The standard InChI is InChI=1S/C30H34N2O6/c1-30(2)17-22(31-14-13-19-11-12-25(37-3)26(16-19)38-4)27(24(34)18-30)23(33)10-7-15-32-28(35)20-8-5-6-9-21(20)29(32)36/h5-6,8-9,11-12,16,33H,7,10,13-15,17-18H2,1-4H3. The number of ether oxygens (including phenoxy) is 2. The van der Waals surface area contributed by atoms with Gasteiger partial charge in [0.15, 0.2) is 17.3 Å². The number of nitrogens with zero attached hydrogens (tertiary/aromatic N) is 2. The summed E-state index contributed by atoms with van der Waals surface area (Å²) in [5.74, 6) is 0.467. The van der Waals surface area contributed by atoms with Gasteiger partial charge in [-0.3, -0.25) is 24.3 Å². The molecule has 0 saturated heterocycles. The smallest absolute Gasteiger partial charge is 0.261 e. The van der Waals surface area contributed by atoms with Crippen molar-refractivity contribution in [3.8, 4) is 11.5 Å². The van der Waals surface area contributed by atoms with Crippen molar-refractivity contribution in [2.24, 2.45) is 10.4 Å². The Morgan fingerprint density at radius 3 is 2.26 bits per heavy atom. The number of methoxy groups -OCH3 is 2. The molecule has 1 aliphatic heterocycles. The number of ketones is 1. The number of carbonyl (C=O) groups excluding carboxylic acids is 3. The number of hydrogen-bond acceptors (Lipinski definition) is 7. The van der Waals surface area contributed by atoms with Crippen molar-refractivity contribution < 1.29 is 29.0 Å². The van der Waals surface area contributed by atoms with Gasteiger partial charge in [-0.2, -0.15) is 0 Å². The van der Waals surface area contributed by atoms with Crippen LogP contribution >= 0.6 is 0 Å². The topological polar surface area (TPSA) is 106 Å². The zero-order chi connectivity index (χ0) is 27.4. The van der Waals surface area contributed by atoms with Crippen LogP contribution in [0.2, 0.25) is 0 Å². The highest BCUT2D eigenvalue weighted by atomic mass is 16.5. The second-order valence-electron chi connectivity index (χ2n) is 10.4. The van der Waals surface area contributed by atoms with Crippen molar-refractivity contribution in [1.82, 2.24) is 4.90 Å². The number of fused-ring (bicyclic) bond motifs is 1. The molecule has 1 saturated carbocycles. The summed E-state index contributed by atoms with van der Waals surface area (Å²) in [6.07, 6.45) is 2.04. The van der Waals surface area contributed by atoms with Crippen LogP contribution in [0.15, 0.2) is 58.8 Å². The summed E-state index contributed by atoms with van der Waals surface area (Å²) in [7, 11) is 3.18. The van der Waals surface area contributed by atoms with Crippen molar-refractivity contribution in [2.75, 3.05) is 27.3 Å². The molecule has 1 aliphatic carbocycles. The zero-order valence-electron chi connectivity index (χ0n) is 22.4. The molecule has 8 heteroatoms. The SMILES string of the molecule is COc1ccc(CCN=C2CC(C)(C)CC(=O)C2=C(O)CCCN2C(=O)c3ccccc3C2=O)cc1OC. The maximum atomic E-state index is 13.1. The Hall–Kier alpha value is -3.94. The van der Waals surface area contributed by atoms with E-state index < -0.39 is 0 Å². The van der Waals surface area contributed by atoms with Crippen LogP contribution in [0.1, 0.15) is 65.8 Å². The molecule has 38 heavy (non-hydrogen) atoms. The second kappa shape index (κ2) is 11.2. The van der Waals surface area contributed by atoms with Crippen molar-refractivity contribution in [3.63, 3.8) is 0 Å². The molecular weight excluding hydrogens is 484 g/mol. The summed E-state index contributed by atoms with van der Waals surface area (Å²) >= 11 is 0. The number of carbonyl (C=O) groups is 3. The lowest BCUT2D eigenvalue weighted by Gasteiger charge is -2.31. The minimum Gasteiger partial charge on any atom is -0.511 e. The summed E-state index contributed by atoms with van der Waals surface area (Å²) in [4.78, 5) is 44.3. The van der Waals surface area contributed by atoms with Crippen LogP contribution in [-0.4, -0.2) is 60.6 Å². The molecule has 2 aromatic rings. The summed E-state index contributed by atoms with van der Waals surface area (Å²) in [6.45, 7) is 4.64. The Bertz CT molecular complexity index is 1290. The average Bonchev–Trinajstić information content (AvgIpc) is 3.12. The lowest BCUT2D eigenvalue weighted by Crippen LogP contribution is -2.33. The molecule has 4 rings (SSSR count). The van der Waals surface area contributed by atoms with Crippen molar-refractivity contribution in [3.05, 3.63) is 70.5 Å². The van der Waals surface area contributed by atoms with Gasteiger partial charge in [0.1, 0.15) is 5.76 Å². The first kappa shape index (κ1) is 27.1. The van der Waals surface area contributed by atoms with Crippen LogP contribution in [0.5, 0.6) is 11.5 Å². The Morgan fingerprint density at radius 2 is 1.63 bits per heavy atom. The van der Waals surface area contributed by atoms with Gasteiger partial charge in [-0.15, -0.1) is 0 Å². The molecule has 8 nitrogen and oxygen atoms in total. The first-order valence-electron chi connectivity index (χ1n) is 12.8. The van der Waals surface area contributed by atoms with Crippen LogP contribution in [0.4, 0.5) is 0 Å². The quantitative estimate of drug-likeness (QED) is 0.286. The number of aliphatic hydroxyl groups is 1. The fourth-order valence-corrected chi connectivity index (χ4v) is 5.08. The van der Waals surface area contributed by atoms with Crippen LogP contribution < -0.4 is 9.47 Å². The highest BCUT2D eigenvalue weighted by molar-refractivity contribution is 6.24. The van der Waals surface area contributed by atoms with Gasteiger partial charge < -0.3 is 14.6 Å². The predicted molar refractivity (Wildman–Crippen MR) is 144 cm³/mol. The fraction of sp³-hybridized carbons (Fsp3) is 0.400. The van der Waals surface area contributed by atoms with Crippen LogP contribution in [0, 0.1) is 5.41 Å². The molecule has 200 valence electrons. The highest BCUT2D eigenvalue weighted by Crippen LogP contribution is 2.36. The molecule has 0 unspecified atom stereocenters. The Balaban J connectivity index is 1.46. The number of benzene rings is 2. The number of Topliss-reactive ketones (excluding diaryl/α,β-unsaturated/α-hetero) is 1. The third-order valence-corrected chi connectivity index (χ3v) is 6.97. The van der Waals surface area contributed by atoms with E-state index in [1.807, 2.05) is 32.0 Å². The molecule has 0 spiro atoms. The number of amides is 2. The number of aliphatic imine (C=N–C) groups is 1. The van der Waals surface area contributed by atoms with Crippen molar-refractivity contribution in [2.45, 2.75) is 46.0 Å². The van der Waals surface area contributed by atoms with E-state index in [2.05, 4.69) is 0 Å². The van der Waals surface area contributed by atoms with E-state index in [0.29, 0.717) is 60.6 Å². The molecule has 0 radical (unpaired) electrons. The molecule has 0 atom stereocenters. The highest BCUT2D eigenvalue weighted by Gasteiger charge is 2.37. The monoisotopic (exact) mass is 518 g/mol. The summed E-state index contributed by atoms with van der Waals surface area (Å²) < 4.78 is 10.7. The van der Waals surface area contributed by atoms with Gasteiger partial charge in [0.2, 0.25) is 0 Å². The third kappa shape index (κ3) is 5.64. The van der Waals surface area contributed by atoms with Gasteiger partial charge >= 0.3 is 0 Å². The van der Waals surface area contributed by atoms with E-state index in [9.17, 15) is 19.5 Å².